The van der Waals surface area contributed by atoms with Crippen LogP contribution >= 0.6 is 0 Å². The van der Waals surface area contributed by atoms with Crippen LogP contribution in [0.15, 0.2) is 0 Å². The molecular weight excluding hydrogens is 244 g/mol. The van der Waals surface area contributed by atoms with Crippen LogP contribution in [0.3, 0.4) is 0 Å². The van der Waals surface area contributed by atoms with Gasteiger partial charge in [0.25, 0.3) is 0 Å². The fourth-order valence-electron chi connectivity index (χ4n) is 6.78. The van der Waals surface area contributed by atoms with Gasteiger partial charge < -0.3 is 5.32 Å². The Morgan fingerprint density at radius 3 is 2.20 bits per heavy atom. The minimum atomic E-state index is 0.347. The molecule has 5 aliphatic carbocycles. The summed E-state index contributed by atoms with van der Waals surface area (Å²) in [6.45, 7) is 6.17. The van der Waals surface area contributed by atoms with E-state index in [1.165, 1.54) is 51.4 Å². The van der Waals surface area contributed by atoms with Gasteiger partial charge in [-0.2, -0.15) is 5.26 Å². The second-order valence-corrected chi connectivity index (χ2v) is 9.60. The third kappa shape index (κ3) is 2.01. The number of nitrogens with one attached hydrogen (secondary N) is 1. The SMILES string of the molecule is CC12CC3CC(C)(C1)CC(NCC1(CC#N)CC1)(C3)C2. The molecule has 0 aromatic rings. The van der Waals surface area contributed by atoms with Crippen LogP contribution in [-0.4, -0.2) is 12.1 Å². The molecule has 0 aromatic carbocycles. The quantitative estimate of drug-likeness (QED) is 0.839. The molecule has 0 radical (unpaired) electrons. The third-order valence-corrected chi connectivity index (χ3v) is 6.88. The molecule has 0 spiro atoms. The van der Waals surface area contributed by atoms with Crippen molar-refractivity contribution in [2.45, 2.75) is 77.2 Å². The van der Waals surface area contributed by atoms with E-state index in [2.05, 4.69) is 25.2 Å². The topological polar surface area (TPSA) is 35.8 Å². The number of hydrogen-bond donors (Lipinski definition) is 1. The van der Waals surface area contributed by atoms with Gasteiger partial charge in [0.2, 0.25) is 0 Å². The fourth-order valence-corrected chi connectivity index (χ4v) is 6.78. The first-order valence-corrected chi connectivity index (χ1v) is 8.50. The molecule has 20 heavy (non-hydrogen) atoms. The van der Waals surface area contributed by atoms with Gasteiger partial charge in [0.05, 0.1) is 6.07 Å². The summed E-state index contributed by atoms with van der Waals surface area (Å²) in [5.74, 6) is 0.958. The van der Waals surface area contributed by atoms with Crippen molar-refractivity contribution >= 4 is 0 Å². The van der Waals surface area contributed by atoms with E-state index >= 15 is 0 Å². The fraction of sp³-hybridized carbons (Fsp3) is 0.944. The van der Waals surface area contributed by atoms with Crippen LogP contribution in [-0.2, 0) is 0 Å². The zero-order valence-corrected chi connectivity index (χ0v) is 13.1. The van der Waals surface area contributed by atoms with Gasteiger partial charge in [0.1, 0.15) is 0 Å². The zero-order valence-electron chi connectivity index (χ0n) is 13.1. The average Bonchev–Trinajstić information content (AvgIpc) is 3.03. The predicted octanol–water partition coefficient (Wildman–Crippen LogP) is 4.02. The molecule has 5 saturated carbocycles. The predicted molar refractivity (Wildman–Crippen MR) is 80.0 cm³/mol. The lowest BCUT2D eigenvalue weighted by molar-refractivity contribution is -0.118. The summed E-state index contributed by atoms with van der Waals surface area (Å²) in [6.07, 6.45) is 11.8. The molecule has 2 atom stereocenters. The maximum atomic E-state index is 9.01. The summed E-state index contributed by atoms with van der Waals surface area (Å²) >= 11 is 0. The van der Waals surface area contributed by atoms with Crippen molar-refractivity contribution in [1.82, 2.24) is 5.32 Å². The van der Waals surface area contributed by atoms with Gasteiger partial charge in [-0.15, -0.1) is 0 Å². The molecule has 5 aliphatic rings. The van der Waals surface area contributed by atoms with Crippen LogP contribution in [0.2, 0.25) is 0 Å². The standard InChI is InChI=1S/C18H28N2/c1-15-7-14-8-16(2,10-15)12-18(9-14,11-15)20-13-17(3-4-17)5-6-19/h14,20H,3-5,7-13H2,1-2H3. The van der Waals surface area contributed by atoms with Gasteiger partial charge in [-0.05, 0) is 73.5 Å². The van der Waals surface area contributed by atoms with Crippen LogP contribution in [0.4, 0.5) is 0 Å². The lowest BCUT2D eigenvalue weighted by atomic mass is 9.42. The van der Waals surface area contributed by atoms with Crippen molar-refractivity contribution in [2.24, 2.45) is 22.2 Å². The Labute approximate surface area is 123 Å². The van der Waals surface area contributed by atoms with E-state index in [1.54, 1.807) is 0 Å². The number of hydrogen-bond acceptors (Lipinski definition) is 2. The van der Waals surface area contributed by atoms with Gasteiger partial charge in [-0.25, -0.2) is 0 Å². The Morgan fingerprint density at radius 1 is 1.05 bits per heavy atom. The zero-order chi connectivity index (χ0) is 14.1. The monoisotopic (exact) mass is 272 g/mol. The molecule has 2 unspecified atom stereocenters. The maximum Gasteiger partial charge on any atom is 0.0628 e. The smallest absolute Gasteiger partial charge is 0.0628 e. The van der Waals surface area contributed by atoms with E-state index in [0.717, 1.165) is 18.9 Å². The largest absolute Gasteiger partial charge is 0.311 e. The Balaban J connectivity index is 1.51. The molecule has 2 nitrogen and oxygen atoms in total. The van der Waals surface area contributed by atoms with E-state index < -0.39 is 0 Å². The maximum absolute atomic E-state index is 9.01. The molecule has 4 bridgehead atoms. The van der Waals surface area contributed by atoms with Crippen LogP contribution in [0, 0.1) is 33.5 Å². The summed E-state index contributed by atoms with van der Waals surface area (Å²) in [6, 6.07) is 2.40. The minimum Gasteiger partial charge on any atom is -0.311 e. The first-order valence-electron chi connectivity index (χ1n) is 8.50. The van der Waals surface area contributed by atoms with E-state index in [0.29, 0.717) is 21.8 Å². The van der Waals surface area contributed by atoms with E-state index in [1.807, 2.05) is 0 Å². The van der Waals surface area contributed by atoms with Crippen LogP contribution in [0.5, 0.6) is 0 Å². The summed E-state index contributed by atoms with van der Waals surface area (Å²) in [5, 5.41) is 13.0. The van der Waals surface area contributed by atoms with Gasteiger partial charge in [0, 0.05) is 18.5 Å². The second kappa shape index (κ2) is 3.80. The lowest BCUT2D eigenvalue weighted by Crippen LogP contribution is -2.64. The number of nitrogens with zero attached hydrogens (tertiary/aromatic N) is 1. The van der Waals surface area contributed by atoms with Gasteiger partial charge in [-0.3, -0.25) is 0 Å². The highest BCUT2D eigenvalue weighted by Crippen LogP contribution is 2.66. The molecule has 0 heterocycles. The molecule has 0 amide bonds. The molecule has 110 valence electrons. The summed E-state index contributed by atoms with van der Waals surface area (Å²) in [4.78, 5) is 0. The molecule has 0 aliphatic heterocycles. The Kier molecular flexibility index (Phi) is 2.50. The van der Waals surface area contributed by atoms with Crippen LogP contribution < -0.4 is 5.32 Å². The van der Waals surface area contributed by atoms with Crippen LogP contribution in [0.1, 0.15) is 71.6 Å². The Hall–Kier alpha value is -0.550. The van der Waals surface area contributed by atoms with Crippen molar-refractivity contribution in [3.8, 4) is 6.07 Å². The second-order valence-electron chi connectivity index (χ2n) is 9.60. The van der Waals surface area contributed by atoms with Gasteiger partial charge in [-0.1, -0.05) is 13.8 Å². The molecule has 1 N–H and O–H groups in total. The van der Waals surface area contributed by atoms with Crippen molar-refractivity contribution in [1.29, 1.82) is 5.26 Å². The highest BCUT2D eigenvalue weighted by molar-refractivity contribution is 5.15. The highest BCUT2D eigenvalue weighted by Gasteiger charge is 2.60. The molecule has 0 saturated heterocycles. The highest BCUT2D eigenvalue weighted by atomic mass is 15.0. The average molecular weight is 272 g/mol. The Morgan fingerprint density at radius 2 is 1.70 bits per heavy atom. The summed E-state index contributed by atoms with van der Waals surface area (Å²) in [5.41, 5.74) is 1.94. The first kappa shape index (κ1) is 13.1. The molecular formula is C18H28N2. The molecule has 5 rings (SSSR count). The van der Waals surface area contributed by atoms with E-state index in [4.69, 9.17) is 5.26 Å². The molecule has 0 aromatic heterocycles. The minimum absolute atomic E-state index is 0.347. The lowest BCUT2D eigenvalue weighted by Gasteiger charge is -2.65. The Bertz CT molecular complexity index is 452. The third-order valence-electron chi connectivity index (χ3n) is 6.88. The van der Waals surface area contributed by atoms with Crippen molar-refractivity contribution in [3.63, 3.8) is 0 Å². The summed E-state index contributed by atoms with van der Waals surface area (Å²) < 4.78 is 0. The van der Waals surface area contributed by atoms with Gasteiger partial charge in [0.15, 0.2) is 0 Å². The number of rotatable bonds is 4. The molecule has 5 fully saturated rings. The van der Waals surface area contributed by atoms with Crippen molar-refractivity contribution in [2.75, 3.05) is 6.54 Å². The summed E-state index contributed by atoms with van der Waals surface area (Å²) in [7, 11) is 0. The number of nitriles is 1. The van der Waals surface area contributed by atoms with E-state index in [-0.39, 0.29) is 0 Å². The van der Waals surface area contributed by atoms with E-state index in [9.17, 15) is 0 Å². The van der Waals surface area contributed by atoms with Crippen LogP contribution in [0.25, 0.3) is 0 Å². The van der Waals surface area contributed by atoms with Crippen molar-refractivity contribution < 1.29 is 0 Å². The normalized spacial score (nSPS) is 51.0. The van der Waals surface area contributed by atoms with Gasteiger partial charge >= 0.3 is 0 Å². The first-order chi connectivity index (χ1) is 9.38. The van der Waals surface area contributed by atoms with Crippen molar-refractivity contribution in [3.05, 3.63) is 0 Å². The molecule has 2 heteroatoms.